The fraction of sp³-hybridized carbons (Fsp3) is 0.333. The zero-order valence-electron chi connectivity index (χ0n) is 10.8. The van der Waals surface area contributed by atoms with Crippen LogP contribution in [0.5, 0.6) is 0 Å². The quantitative estimate of drug-likeness (QED) is 0.768. The number of fused-ring (bicyclic) bond motifs is 3. The summed E-state index contributed by atoms with van der Waals surface area (Å²) in [5.74, 6) is 0.814. The third-order valence-corrected chi connectivity index (χ3v) is 3.74. The molecule has 3 rings (SSSR count). The van der Waals surface area contributed by atoms with E-state index in [2.05, 4.69) is 41.2 Å². The highest BCUT2D eigenvalue weighted by Crippen LogP contribution is 2.38. The van der Waals surface area contributed by atoms with Crippen molar-refractivity contribution < 1.29 is 0 Å². The van der Waals surface area contributed by atoms with Crippen LogP contribution in [0.4, 0.5) is 5.95 Å². The third-order valence-electron chi connectivity index (χ3n) is 3.74. The number of anilines is 1. The number of hydrogen-bond acceptors (Lipinski definition) is 3. The van der Waals surface area contributed by atoms with E-state index in [0.717, 1.165) is 24.2 Å². The van der Waals surface area contributed by atoms with E-state index in [1.807, 2.05) is 6.92 Å². The highest BCUT2D eigenvalue weighted by atomic mass is 15.0. The largest absolute Gasteiger partial charge is 0.368 e. The van der Waals surface area contributed by atoms with Crippen molar-refractivity contribution >= 4 is 5.95 Å². The summed E-state index contributed by atoms with van der Waals surface area (Å²) in [4.78, 5) is 8.81. The second-order valence-electron chi connectivity index (χ2n) is 5.02. The Morgan fingerprint density at radius 3 is 2.83 bits per heavy atom. The Hall–Kier alpha value is -1.90. The topological polar surface area (TPSA) is 51.8 Å². The molecule has 0 bridgehead atoms. The first-order valence-electron chi connectivity index (χ1n) is 6.39. The first-order valence-corrected chi connectivity index (χ1v) is 6.39. The lowest BCUT2D eigenvalue weighted by Gasteiger charge is -2.14. The van der Waals surface area contributed by atoms with E-state index in [1.165, 1.54) is 16.7 Å². The van der Waals surface area contributed by atoms with Gasteiger partial charge in [0.15, 0.2) is 0 Å². The third kappa shape index (κ3) is 1.67. The lowest BCUT2D eigenvalue weighted by molar-refractivity contribution is 0.669. The number of aryl methyl sites for hydroxylation is 2. The lowest BCUT2D eigenvalue weighted by atomic mass is 9.96. The molecular formula is C15H17N3. The maximum atomic E-state index is 5.79. The Kier molecular flexibility index (Phi) is 2.54. The van der Waals surface area contributed by atoms with Crippen molar-refractivity contribution in [2.75, 3.05) is 5.73 Å². The van der Waals surface area contributed by atoms with Gasteiger partial charge in [-0.1, -0.05) is 31.2 Å². The van der Waals surface area contributed by atoms with Gasteiger partial charge in [0.05, 0.1) is 11.4 Å². The summed E-state index contributed by atoms with van der Waals surface area (Å²) in [5.41, 5.74) is 11.7. The average molecular weight is 239 g/mol. The Balaban J connectivity index is 2.34. The van der Waals surface area contributed by atoms with Crippen LogP contribution in [0.1, 0.15) is 36.2 Å². The van der Waals surface area contributed by atoms with Gasteiger partial charge in [0, 0.05) is 5.56 Å². The fourth-order valence-electron chi connectivity index (χ4n) is 2.80. The van der Waals surface area contributed by atoms with Crippen LogP contribution in [-0.4, -0.2) is 9.97 Å². The van der Waals surface area contributed by atoms with E-state index >= 15 is 0 Å². The second-order valence-corrected chi connectivity index (χ2v) is 5.02. The molecule has 0 amide bonds. The second kappa shape index (κ2) is 4.09. The molecule has 2 aromatic rings. The van der Waals surface area contributed by atoms with Crippen LogP contribution in [-0.2, 0) is 6.42 Å². The number of benzene rings is 1. The van der Waals surface area contributed by atoms with Crippen LogP contribution in [0.25, 0.3) is 11.1 Å². The van der Waals surface area contributed by atoms with Crippen molar-refractivity contribution in [3.05, 3.63) is 41.2 Å². The molecule has 1 aromatic carbocycles. The number of hydrogen-bond donors (Lipinski definition) is 1. The molecular weight excluding hydrogens is 222 g/mol. The highest BCUT2D eigenvalue weighted by Gasteiger charge is 2.23. The van der Waals surface area contributed by atoms with Gasteiger partial charge >= 0.3 is 0 Å². The van der Waals surface area contributed by atoms with E-state index < -0.39 is 0 Å². The molecule has 0 radical (unpaired) electrons. The summed E-state index contributed by atoms with van der Waals surface area (Å²) in [5, 5.41) is 0. The summed E-state index contributed by atoms with van der Waals surface area (Å²) in [6, 6.07) is 8.54. The zero-order chi connectivity index (χ0) is 12.7. The van der Waals surface area contributed by atoms with Gasteiger partial charge in [0.2, 0.25) is 5.95 Å². The van der Waals surface area contributed by atoms with Crippen molar-refractivity contribution in [1.29, 1.82) is 0 Å². The normalized spacial score (nSPS) is 17.8. The van der Waals surface area contributed by atoms with Crippen LogP contribution in [0.15, 0.2) is 24.3 Å². The fourth-order valence-corrected chi connectivity index (χ4v) is 2.80. The highest BCUT2D eigenvalue weighted by molar-refractivity contribution is 5.73. The molecule has 1 aromatic heterocycles. The molecule has 0 saturated heterocycles. The Morgan fingerprint density at radius 2 is 2.00 bits per heavy atom. The van der Waals surface area contributed by atoms with E-state index in [9.17, 15) is 0 Å². The van der Waals surface area contributed by atoms with Gasteiger partial charge in [-0.3, -0.25) is 0 Å². The van der Waals surface area contributed by atoms with E-state index in [4.69, 9.17) is 5.73 Å². The summed E-state index contributed by atoms with van der Waals surface area (Å²) >= 11 is 0. The first-order chi connectivity index (χ1) is 8.66. The number of nitrogens with two attached hydrogens (primary N) is 1. The maximum Gasteiger partial charge on any atom is 0.220 e. The van der Waals surface area contributed by atoms with Crippen molar-refractivity contribution in [2.24, 2.45) is 0 Å². The molecule has 92 valence electrons. The molecule has 2 N–H and O–H groups in total. The molecule has 3 heteroatoms. The summed E-state index contributed by atoms with van der Waals surface area (Å²) in [6.07, 6.45) is 2.20. The smallest absolute Gasteiger partial charge is 0.220 e. The minimum atomic E-state index is 0.387. The molecule has 18 heavy (non-hydrogen) atoms. The molecule has 1 unspecified atom stereocenters. The lowest BCUT2D eigenvalue weighted by Crippen LogP contribution is -2.06. The predicted octanol–water partition coefficient (Wildman–Crippen LogP) is 3.08. The molecule has 1 aliphatic carbocycles. The molecule has 0 fully saturated rings. The molecule has 0 aliphatic heterocycles. The zero-order valence-corrected chi connectivity index (χ0v) is 10.8. The Morgan fingerprint density at radius 1 is 1.22 bits per heavy atom. The number of rotatable bonds is 0. The van der Waals surface area contributed by atoms with Crippen LogP contribution in [0, 0.1) is 6.92 Å². The maximum absolute atomic E-state index is 5.79. The molecule has 1 heterocycles. The Bertz CT molecular complexity index is 605. The Labute approximate surface area is 107 Å². The van der Waals surface area contributed by atoms with Crippen LogP contribution in [0.2, 0.25) is 0 Å². The number of aromatic nitrogens is 2. The van der Waals surface area contributed by atoms with Crippen molar-refractivity contribution in [3.63, 3.8) is 0 Å². The average Bonchev–Trinajstić information content (AvgIpc) is 2.48. The van der Waals surface area contributed by atoms with E-state index in [1.54, 1.807) is 0 Å². The van der Waals surface area contributed by atoms with Crippen LogP contribution in [0.3, 0.4) is 0 Å². The molecule has 0 saturated carbocycles. The van der Waals surface area contributed by atoms with Crippen LogP contribution < -0.4 is 5.73 Å². The van der Waals surface area contributed by atoms with Gasteiger partial charge < -0.3 is 5.73 Å². The molecule has 1 atom stereocenters. The van der Waals surface area contributed by atoms with Gasteiger partial charge in [-0.2, -0.15) is 0 Å². The molecule has 3 nitrogen and oxygen atoms in total. The van der Waals surface area contributed by atoms with Gasteiger partial charge in [-0.05, 0) is 36.8 Å². The minimum absolute atomic E-state index is 0.387. The van der Waals surface area contributed by atoms with Crippen molar-refractivity contribution in [2.45, 2.75) is 32.6 Å². The van der Waals surface area contributed by atoms with Crippen molar-refractivity contribution in [1.82, 2.24) is 9.97 Å². The molecule has 0 spiro atoms. The summed E-state index contributed by atoms with van der Waals surface area (Å²) in [7, 11) is 0. The van der Waals surface area contributed by atoms with Gasteiger partial charge in [0.1, 0.15) is 0 Å². The predicted molar refractivity (Wildman–Crippen MR) is 73.4 cm³/mol. The summed E-state index contributed by atoms with van der Waals surface area (Å²) < 4.78 is 0. The van der Waals surface area contributed by atoms with Gasteiger partial charge in [-0.15, -0.1) is 0 Å². The van der Waals surface area contributed by atoms with Gasteiger partial charge in [-0.25, -0.2) is 9.97 Å². The minimum Gasteiger partial charge on any atom is -0.368 e. The SMILES string of the molecule is Cc1nc(N)nc2c1-c1ccccc1CCC2C. The molecule has 1 aliphatic rings. The van der Waals surface area contributed by atoms with E-state index in [0.29, 0.717) is 11.9 Å². The summed E-state index contributed by atoms with van der Waals surface area (Å²) in [6.45, 7) is 4.24. The van der Waals surface area contributed by atoms with Crippen LogP contribution >= 0.6 is 0 Å². The number of nitrogens with zero attached hydrogens (tertiary/aromatic N) is 2. The first kappa shape index (κ1) is 11.2. The number of nitrogen functional groups attached to an aromatic ring is 1. The van der Waals surface area contributed by atoms with E-state index in [-0.39, 0.29) is 0 Å². The van der Waals surface area contributed by atoms with Crippen molar-refractivity contribution in [3.8, 4) is 11.1 Å². The monoisotopic (exact) mass is 239 g/mol. The standard InChI is InChI=1S/C15H17N3/c1-9-7-8-11-5-3-4-6-12(11)13-10(2)17-15(16)18-14(9)13/h3-6,9H,7-8H2,1-2H3,(H2,16,17,18). The van der Waals surface area contributed by atoms with Gasteiger partial charge in [0.25, 0.3) is 0 Å².